The summed E-state index contributed by atoms with van der Waals surface area (Å²) in [4.78, 5) is 27.1. The summed E-state index contributed by atoms with van der Waals surface area (Å²) in [6.45, 7) is 2.37. The first kappa shape index (κ1) is 23.8. The number of cyclic esters (lactones) is 1. The average molecular weight is 478 g/mol. The SMILES string of the molecule is CCOC(=S)NCC1CN(c2ccc(N3CCN(C(=O)C(F)(F)F)CC3)c(F)c2)C(=O)O1. The van der Waals surface area contributed by atoms with Gasteiger partial charge in [-0.25, -0.2) is 9.18 Å². The fourth-order valence-corrected chi connectivity index (χ4v) is 3.67. The minimum atomic E-state index is -4.93. The second-order valence-corrected chi connectivity index (χ2v) is 7.50. The zero-order chi connectivity index (χ0) is 23.5. The zero-order valence-electron chi connectivity index (χ0n) is 17.2. The van der Waals surface area contributed by atoms with Gasteiger partial charge in [0.1, 0.15) is 11.9 Å². The highest BCUT2D eigenvalue weighted by Gasteiger charge is 2.43. The van der Waals surface area contributed by atoms with E-state index in [9.17, 15) is 27.2 Å². The van der Waals surface area contributed by atoms with Crippen LogP contribution in [0.5, 0.6) is 0 Å². The van der Waals surface area contributed by atoms with Crippen LogP contribution in [0.1, 0.15) is 6.92 Å². The largest absolute Gasteiger partial charge is 0.471 e. The minimum absolute atomic E-state index is 0.0529. The lowest BCUT2D eigenvalue weighted by Crippen LogP contribution is -2.52. The van der Waals surface area contributed by atoms with Crippen LogP contribution >= 0.6 is 12.2 Å². The van der Waals surface area contributed by atoms with E-state index < -0.39 is 30.1 Å². The number of benzene rings is 1. The second kappa shape index (κ2) is 9.76. The van der Waals surface area contributed by atoms with Gasteiger partial charge in [-0.1, -0.05) is 0 Å². The van der Waals surface area contributed by atoms with Crippen LogP contribution in [-0.2, 0) is 14.3 Å². The first-order valence-corrected chi connectivity index (χ1v) is 10.3. The molecule has 2 heterocycles. The maximum atomic E-state index is 14.8. The van der Waals surface area contributed by atoms with E-state index in [-0.39, 0.29) is 55.8 Å². The molecule has 2 saturated heterocycles. The quantitative estimate of drug-likeness (QED) is 0.514. The van der Waals surface area contributed by atoms with Gasteiger partial charge in [-0.15, -0.1) is 0 Å². The number of carbonyl (C=O) groups excluding carboxylic acids is 2. The summed E-state index contributed by atoms with van der Waals surface area (Å²) in [6.07, 6.45) is -6.07. The van der Waals surface area contributed by atoms with E-state index >= 15 is 0 Å². The summed E-state index contributed by atoms with van der Waals surface area (Å²) in [6, 6.07) is 4.16. The molecule has 0 aromatic heterocycles. The highest BCUT2D eigenvalue weighted by atomic mass is 32.1. The van der Waals surface area contributed by atoms with Crippen LogP contribution < -0.4 is 15.1 Å². The van der Waals surface area contributed by atoms with Gasteiger partial charge in [-0.3, -0.25) is 9.69 Å². The Morgan fingerprint density at radius 1 is 1.28 bits per heavy atom. The number of amides is 2. The maximum Gasteiger partial charge on any atom is 0.471 e. The number of thiocarbonyl (C=S) groups is 1. The van der Waals surface area contributed by atoms with Gasteiger partial charge in [0.2, 0.25) is 0 Å². The minimum Gasteiger partial charge on any atom is -0.471 e. The van der Waals surface area contributed by atoms with Gasteiger partial charge in [0.25, 0.3) is 5.17 Å². The van der Waals surface area contributed by atoms with E-state index in [4.69, 9.17) is 21.7 Å². The van der Waals surface area contributed by atoms with Crippen molar-refractivity contribution in [1.82, 2.24) is 10.2 Å². The Kier molecular flexibility index (Phi) is 7.26. The smallest absolute Gasteiger partial charge is 0.471 e. The molecule has 176 valence electrons. The molecule has 0 saturated carbocycles. The molecular formula is C19H22F4N4O4S. The molecule has 1 aromatic carbocycles. The van der Waals surface area contributed by atoms with Crippen molar-refractivity contribution in [1.29, 1.82) is 0 Å². The first-order chi connectivity index (χ1) is 15.1. The fourth-order valence-electron chi connectivity index (χ4n) is 3.47. The molecule has 2 fully saturated rings. The number of nitrogens with zero attached hydrogens (tertiary/aromatic N) is 3. The number of alkyl halides is 3. The Labute approximate surface area is 187 Å². The highest BCUT2D eigenvalue weighted by molar-refractivity contribution is 7.80. The van der Waals surface area contributed by atoms with Crippen LogP contribution in [0, 0.1) is 5.82 Å². The number of anilines is 2. The Balaban J connectivity index is 1.59. The molecule has 2 amide bonds. The van der Waals surface area contributed by atoms with Crippen LogP contribution in [0.15, 0.2) is 18.2 Å². The molecule has 32 heavy (non-hydrogen) atoms. The van der Waals surface area contributed by atoms with Crippen molar-refractivity contribution in [2.75, 3.05) is 55.7 Å². The van der Waals surface area contributed by atoms with E-state index in [0.29, 0.717) is 11.5 Å². The summed E-state index contributed by atoms with van der Waals surface area (Å²) in [5, 5.41) is 3.02. The van der Waals surface area contributed by atoms with Gasteiger partial charge in [0.15, 0.2) is 0 Å². The van der Waals surface area contributed by atoms with Crippen molar-refractivity contribution in [3.63, 3.8) is 0 Å². The van der Waals surface area contributed by atoms with Crippen molar-refractivity contribution < 1.29 is 36.6 Å². The van der Waals surface area contributed by atoms with Crippen molar-refractivity contribution in [3.05, 3.63) is 24.0 Å². The van der Waals surface area contributed by atoms with Crippen molar-refractivity contribution in [2.24, 2.45) is 0 Å². The molecule has 0 spiro atoms. The predicted octanol–water partition coefficient (Wildman–Crippen LogP) is 2.27. The molecule has 0 radical (unpaired) electrons. The molecule has 8 nitrogen and oxygen atoms in total. The van der Waals surface area contributed by atoms with Crippen LogP contribution in [0.2, 0.25) is 0 Å². The van der Waals surface area contributed by atoms with E-state index in [2.05, 4.69) is 5.32 Å². The predicted molar refractivity (Wildman–Crippen MR) is 111 cm³/mol. The van der Waals surface area contributed by atoms with Crippen LogP contribution in [0.3, 0.4) is 0 Å². The lowest BCUT2D eigenvalue weighted by molar-refractivity contribution is -0.185. The molecular weight excluding hydrogens is 456 g/mol. The third-order valence-electron chi connectivity index (χ3n) is 5.02. The lowest BCUT2D eigenvalue weighted by atomic mass is 10.2. The summed E-state index contributed by atoms with van der Waals surface area (Å²) < 4.78 is 62.8. The molecule has 1 atom stereocenters. The van der Waals surface area contributed by atoms with Gasteiger partial charge in [-0.2, -0.15) is 13.2 Å². The van der Waals surface area contributed by atoms with Gasteiger partial charge >= 0.3 is 18.2 Å². The molecule has 13 heteroatoms. The Hall–Kier alpha value is -2.83. The van der Waals surface area contributed by atoms with Crippen molar-refractivity contribution in [2.45, 2.75) is 19.2 Å². The van der Waals surface area contributed by atoms with Gasteiger partial charge in [0.05, 0.1) is 31.1 Å². The van der Waals surface area contributed by atoms with Crippen LogP contribution in [-0.4, -0.2) is 80.2 Å². The molecule has 0 bridgehead atoms. The number of rotatable bonds is 5. The number of ether oxygens (including phenoxy) is 2. The summed E-state index contributed by atoms with van der Waals surface area (Å²) in [5.41, 5.74) is 0.470. The van der Waals surface area contributed by atoms with Crippen LogP contribution in [0.25, 0.3) is 0 Å². The Morgan fingerprint density at radius 3 is 2.56 bits per heavy atom. The summed E-state index contributed by atoms with van der Waals surface area (Å²) in [5.74, 6) is -2.53. The molecule has 1 unspecified atom stereocenters. The number of hydrogen-bond acceptors (Lipinski definition) is 6. The van der Waals surface area contributed by atoms with E-state index in [0.717, 1.165) is 0 Å². The number of hydrogen-bond donors (Lipinski definition) is 1. The van der Waals surface area contributed by atoms with Crippen molar-refractivity contribution >= 4 is 40.8 Å². The summed E-state index contributed by atoms with van der Waals surface area (Å²) >= 11 is 4.95. The van der Waals surface area contributed by atoms with E-state index in [1.54, 1.807) is 11.8 Å². The number of piperazine rings is 1. The maximum absolute atomic E-state index is 14.8. The van der Waals surface area contributed by atoms with Gasteiger partial charge in [0, 0.05) is 26.2 Å². The standard InChI is InChI=1S/C19H22F4N4O4S/c1-2-30-17(32)24-10-13-11-27(18(29)31-13)12-3-4-15(14(20)9-12)25-5-7-26(8-6-25)16(28)19(21,22)23/h3-4,9,13H,2,5-8,10-11H2,1H3,(H,24,32). The van der Waals surface area contributed by atoms with Crippen LogP contribution in [0.4, 0.5) is 33.7 Å². The average Bonchev–Trinajstić information content (AvgIpc) is 3.12. The Bertz CT molecular complexity index is 877. The number of halogens is 4. The zero-order valence-corrected chi connectivity index (χ0v) is 18.0. The molecule has 3 rings (SSSR count). The van der Waals surface area contributed by atoms with E-state index in [1.807, 2.05) is 0 Å². The molecule has 2 aliphatic rings. The topological polar surface area (TPSA) is 74.4 Å². The van der Waals surface area contributed by atoms with Crippen molar-refractivity contribution in [3.8, 4) is 0 Å². The number of nitrogens with one attached hydrogen (secondary N) is 1. The molecule has 2 aliphatic heterocycles. The number of carbonyl (C=O) groups is 2. The monoisotopic (exact) mass is 478 g/mol. The third-order valence-corrected chi connectivity index (χ3v) is 5.28. The Morgan fingerprint density at radius 2 is 1.97 bits per heavy atom. The first-order valence-electron chi connectivity index (χ1n) is 9.89. The lowest BCUT2D eigenvalue weighted by Gasteiger charge is -2.36. The summed E-state index contributed by atoms with van der Waals surface area (Å²) in [7, 11) is 0. The van der Waals surface area contributed by atoms with E-state index in [1.165, 1.54) is 23.1 Å². The van der Waals surface area contributed by atoms with Gasteiger partial charge < -0.3 is 24.6 Å². The molecule has 1 N–H and O–H groups in total. The molecule has 1 aromatic rings. The normalized spacial score (nSPS) is 19.1. The third kappa shape index (κ3) is 5.50. The fraction of sp³-hybridized carbons (Fsp3) is 0.526. The second-order valence-electron chi connectivity index (χ2n) is 7.13. The highest BCUT2D eigenvalue weighted by Crippen LogP contribution is 2.29. The van der Waals surface area contributed by atoms with Gasteiger partial charge in [-0.05, 0) is 37.3 Å². The molecule has 0 aliphatic carbocycles.